The smallest absolute Gasteiger partial charge is 0.248 e. The molecule has 28 heavy (non-hydrogen) atoms. The number of primary amides is 1. The fraction of sp³-hybridized carbons (Fsp3) is 0.480. The van der Waals surface area contributed by atoms with Crippen molar-refractivity contribution in [3.8, 4) is 0 Å². The monoisotopic (exact) mass is 374 g/mol. The van der Waals surface area contributed by atoms with Crippen LogP contribution in [0.4, 0.5) is 0 Å². The number of fused-ring (bicyclic) bond motifs is 2. The summed E-state index contributed by atoms with van der Waals surface area (Å²) in [6, 6.07) is 17.6. The molecular formula is C25H30N2O. The van der Waals surface area contributed by atoms with Crippen molar-refractivity contribution in [2.45, 2.75) is 57.0 Å². The summed E-state index contributed by atoms with van der Waals surface area (Å²) in [5.41, 5.74) is 10.9. The molecule has 0 bridgehead atoms. The number of likely N-dealkylation sites (tertiary alicyclic amines) is 1. The molecule has 1 saturated carbocycles. The number of carbonyl (C=O) groups excluding carboxylic acids is 1. The molecule has 2 aliphatic carbocycles. The van der Waals surface area contributed by atoms with E-state index in [2.05, 4.69) is 62.1 Å². The first-order valence-corrected chi connectivity index (χ1v) is 10.7. The normalized spacial score (nSPS) is 32.8. The molecule has 2 aromatic rings. The topological polar surface area (TPSA) is 46.3 Å². The van der Waals surface area contributed by atoms with Crippen LogP contribution in [0.3, 0.4) is 0 Å². The average molecular weight is 375 g/mol. The van der Waals surface area contributed by atoms with Gasteiger partial charge in [-0.15, -0.1) is 0 Å². The molecule has 5 rings (SSSR count). The molecule has 4 atom stereocenters. The van der Waals surface area contributed by atoms with Gasteiger partial charge in [-0.1, -0.05) is 43.3 Å². The Labute approximate surface area is 167 Å². The van der Waals surface area contributed by atoms with Crippen molar-refractivity contribution in [1.29, 1.82) is 0 Å². The number of nitrogens with zero attached hydrogens (tertiary/aromatic N) is 1. The summed E-state index contributed by atoms with van der Waals surface area (Å²) < 4.78 is 0. The maximum atomic E-state index is 11.7. The van der Waals surface area contributed by atoms with E-state index in [1.807, 2.05) is 12.1 Å². The van der Waals surface area contributed by atoms with Crippen molar-refractivity contribution in [1.82, 2.24) is 4.90 Å². The lowest BCUT2D eigenvalue weighted by Crippen LogP contribution is -2.47. The van der Waals surface area contributed by atoms with E-state index in [9.17, 15) is 4.79 Å². The number of aryl methyl sites for hydroxylation is 1. The first kappa shape index (κ1) is 17.9. The van der Waals surface area contributed by atoms with Gasteiger partial charge in [0.1, 0.15) is 0 Å². The third kappa shape index (κ3) is 2.23. The predicted molar refractivity (Wildman–Crippen MR) is 112 cm³/mol. The second-order valence-corrected chi connectivity index (χ2v) is 9.48. The van der Waals surface area contributed by atoms with E-state index in [1.165, 1.54) is 29.5 Å². The van der Waals surface area contributed by atoms with E-state index >= 15 is 0 Å². The van der Waals surface area contributed by atoms with Crippen molar-refractivity contribution in [2.75, 3.05) is 6.54 Å². The van der Waals surface area contributed by atoms with Gasteiger partial charge in [0.05, 0.1) is 0 Å². The molecule has 0 aromatic heterocycles. The molecule has 0 radical (unpaired) electrons. The maximum absolute atomic E-state index is 11.7. The number of piperidine rings is 1. The van der Waals surface area contributed by atoms with Crippen LogP contribution in [0.5, 0.6) is 0 Å². The number of hydrogen-bond acceptors (Lipinski definition) is 2. The van der Waals surface area contributed by atoms with Gasteiger partial charge in [0, 0.05) is 29.1 Å². The van der Waals surface area contributed by atoms with E-state index in [0.29, 0.717) is 23.4 Å². The maximum Gasteiger partial charge on any atom is 0.248 e. The molecule has 2 fully saturated rings. The van der Waals surface area contributed by atoms with Crippen LogP contribution in [-0.4, -0.2) is 22.9 Å². The number of rotatable bonds is 4. The lowest BCUT2D eigenvalue weighted by atomic mass is 9.80. The zero-order chi connectivity index (χ0) is 19.7. The number of nitrogens with two attached hydrogens (primary N) is 1. The van der Waals surface area contributed by atoms with E-state index in [-0.39, 0.29) is 16.9 Å². The van der Waals surface area contributed by atoms with Crippen LogP contribution in [0.25, 0.3) is 0 Å². The zero-order valence-corrected chi connectivity index (χ0v) is 17.1. The Kier molecular flexibility index (Phi) is 3.80. The van der Waals surface area contributed by atoms with Crippen LogP contribution in [0, 0.1) is 11.8 Å². The van der Waals surface area contributed by atoms with E-state index in [4.69, 9.17) is 5.73 Å². The number of carbonyl (C=O) groups is 1. The molecule has 1 amide bonds. The molecule has 0 spiro atoms. The lowest BCUT2D eigenvalue weighted by Gasteiger charge is -2.43. The SMILES string of the molecule is CCC1(c2cccc(C(N)=O)c2)C2CN(C3CCc4ccccc43)C(C)(C)C21. The second-order valence-electron chi connectivity index (χ2n) is 9.48. The van der Waals surface area contributed by atoms with Gasteiger partial charge in [-0.2, -0.15) is 0 Å². The molecule has 2 N–H and O–H groups in total. The highest BCUT2D eigenvalue weighted by Gasteiger charge is 2.74. The average Bonchev–Trinajstić information content (AvgIpc) is 3.03. The van der Waals surface area contributed by atoms with Gasteiger partial charge in [-0.25, -0.2) is 0 Å². The fourth-order valence-corrected chi connectivity index (χ4v) is 6.96. The number of amides is 1. The Morgan fingerprint density at radius 3 is 2.64 bits per heavy atom. The van der Waals surface area contributed by atoms with Gasteiger partial charge < -0.3 is 5.73 Å². The molecular weight excluding hydrogens is 344 g/mol. The molecule has 3 nitrogen and oxygen atoms in total. The van der Waals surface area contributed by atoms with Gasteiger partial charge in [0.2, 0.25) is 5.91 Å². The highest BCUT2D eigenvalue weighted by Crippen LogP contribution is 2.72. The summed E-state index contributed by atoms with van der Waals surface area (Å²) in [6.45, 7) is 8.33. The molecule has 3 aliphatic rings. The van der Waals surface area contributed by atoms with E-state index in [0.717, 1.165) is 13.0 Å². The fourth-order valence-electron chi connectivity index (χ4n) is 6.96. The Bertz CT molecular complexity index is 949. The highest BCUT2D eigenvalue weighted by molar-refractivity contribution is 5.93. The summed E-state index contributed by atoms with van der Waals surface area (Å²) in [4.78, 5) is 14.5. The Morgan fingerprint density at radius 2 is 1.96 bits per heavy atom. The molecule has 1 saturated heterocycles. The Morgan fingerprint density at radius 1 is 1.18 bits per heavy atom. The quantitative estimate of drug-likeness (QED) is 0.859. The predicted octanol–water partition coefficient (Wildman–Crippen LogP) is 4.46. The minimum atomic E-state index is -0.331. The summed E-state index contributed by atoms with van der Waals surface area (Å²) >= 11 is 0. The first-order valence-electron chi connectivity index (χ1n) is 10.7. The summed E-state index contributed by atoms with van der Waals surface area (Å²) in [6.07, 6.45) is 3.55. The van der Waals surface area contributed by atoms with Crippen LogP contribution < -0.4 is 5.73 Å². The van der Waals surface area contributed by atoms with Crippen LogP contribution in [0.2, 0.25) is 0 Å². The van der Waals surface area contributed by atoms with Gasteiger partial charge >= 0.3 is 0 Å². The zero-order valence-electron chi connectivity index (χ0n) is 17.1. The van der Waals surface area contributed by atoms with Crippen LogP contribution in [0.1, 0.15) is 66.7 Å². The third-order valence-corrected chi connectivity index (χ3v) is 8.15. The molecule has 146 valence electrons. The second kappa shape index (κ2) is 5.93. The van der Waals surface area contributed by atoms with Crippen molar-refractivity contribution >= 4 is 5.91 Å². The highest BCUT2D eigenvalue weighted by atomic mass is 16.1. The standard InChI is InChI=1S/C25H30N2O/c1-4-25(18-10-7-9-17(14-18)23(26)28)20-15-27(24(2,3)22(20)25)21-13-12-16-8-5-6-11-19(16)21/h5-11,14,20-22H,4,12-13,15H2,1-3H3,(H2,26,28). The van der Waals surface area contributed by atoms with Crippen molar-refractivity contribution < 1.29 is 4.79 Å². The Balaban J connectivity index is 1.48. The minimum absolute atomic E-state index is 0.144. The van der Waals surface area contributed by atoms with E-state index < -0.39 is 0 Å². The minimum Gasteiger partial charge on any atom is -0.366 e. The lowest BCUT2D eigenvalue weighted by molar-refractivity contribution is 0.0695. The van der Waals surface area contributed by atoms with Gasteiger partial charge in [0.15, 0.2) is 0 Å². The molecule has 3 heteroatoms. The number of hydrogen-bond donors (Lipinski definition) is 1. The summed E-state index contributed by atoms with van der Waals surface area (Å²) in [5.74, 6) is 0.951. The largest absolute Gasteiger partial charge is 0.366 e. The van der Waals surface area contributed by atoms with Gasteiger partial charge in [0.25, 0.3) is 0 Å². The van der Waals surface area contributed by atoms with Crippen LogP contribution in [0.15, 0.2) is 48.5 Å². The molecule has 4 unspecified atom stereocenters. The van der Waals surface area contributed by atoms with Crippen LogP contribution >= 0.6 is 0 Å². The molecule has 2 aromatic carbocycles. The molecule has 1 aliphatic heterocycles. The number of benzene rings is 2. The Hall–Kier alpha value is -2.13. The van der Waals surface area contributed by atoms with Crippen molar-refractivity contribution in [3.63, 3.8) is 0 Å². The summed E-state index contributed by atoms with van der Waals surface area (Å²) in [5, 5.41) is 0. The van der Waals surface area contributed by atoms with Gasteiger partial charge in [-0.3, -0.25) is 9.69 Å². The third-order valence-electron chi connectivity index (χ3n) is 8.15. The summed E-state index contributed by atoms with van der Waals surface area (Å²) in [7, 11) is 0. The first-order chi connectivity index (χ1) is 13.4. The van der Waals surface area contributed by atoms with Crippen LogP contribution in [-0.2, 0) is 11.8 Å². The van der Waals surface area contributed by atoms with Crippen molar-refractivity contribution in [2.24, 2.45) is 17.6 Å². The molecule has 1 heterocycles. The van der Waals surface area contributed by atoms with Crippen molar-refractivity contribution in [3.05, 3.63) is 70.8 Å². The van der Waals surface area contributed by atoms with E-state index in [1.54, 1.807) is 0 Å². The van der Waals surface area contributed by atoms with Gasteiger partial charge in [-0.05, 0) is 73.8 Å².